The Morgan fingerprint density at radius 2 is 2.40 bits per heavy atom. The monoisotopic (exact) mass is 284 g/mol. The molecule has 0 unspecified atom stereocenters. The van der Waals surface area contributed by atoms with Crippen molar-refractivity contribution in [1.29, 1.82) is 0 Å². The van der Waals surface area contributed by atoms with Crippen molar-refractivity contribution in [1.82, 2.24) is 9.97 Å². The highest BCUT2D eigenvalue weighted by atomic mass is 79.9. The minimum Gasteiger partial charge on any atom is -0.368 e. The zero-order chi connectivity index (χ0) is 10.7. The molecule has 0 aliphatic rings. The molecule has 2 rings (SSSR count). The van der Waals surface area contributed by atoms with Crippen molar-refractivity contribution in [2.45, 2.75) is 6.54 Å². The van der Waals surface area contributed by atoms with Gasteiger partial charge in [0.15, 0.2) is 0 Å². The topological polar surface area (TPSA) is 63.8 Å². The van der Waals surface area contributed by atoms with Crippen LogP contribution in [0, 0.1) is 0 Å². The summed E-state index contributed by atoms with van der Waals surface area (Å²) in [6.45, 7) is 0.743. The van der Waals surface area contributed by atoms with Crippen molar-refractivity contribution < 1.29 is 0 Å². The van der Waals surface area contributed by atoms with Crippen LogP contribution in [0.4, 0.5) is 11.8 Å². The van der Waals surface area contributed by atoms with Crippen molar-refractivity contribution in [3.63, 3.8) is 0 Å². The lowest BCUT2D eigenvalue weighted by atomic mass is 10.4. The summed E-state index contributed by atoms with van der Waals surface area (Å²) in [5.74, 6) is 0.989. The van der Waals surface area contributed by atoms with Gasteiger partial charge in [-0.15, -0.1) is 11.3 Å². The molecule has 3 N–H and O–H groups in total. The van der Waals surface area contributed by atoms with Crippen molar-refractivity contribution in [2.75, 3.05) is 11.1 Å². The first-order chi connectivity index (χ1) is 7.25. The van der Waals surface area contributed by atoms with Gasteiger partial charge in [-0.05, 0) is 27.4 Å². The first-order valence-corrected chi connectivity index (χ1v) is 5.97. The number of rotatable bonds is 3. The smallest absolute Gasteiger partial charge is 0.221 e. The van der Waals surface area contributed by atoms with Crippen molar-refractivity contribution in [3.8, 4) is 0 Å². The number of hydrogen-bond donors (Lipinski definition) is 2. The zero-order valence-electron chi connectivity index (χ0n) is 7.77. The Hall–Kier alpha value is -1.14. The van der Waals surface area contributed by atoms with E-state index in [9.17, 15) is 0 Å². The molecule has 6 heteroatoms. The third-order valence-electron chi connectivity index (χ3n) is 1.77. The Balaban J connectivity index is 2.07. The molecule has 0 radical (unpaired) electrons. The second-order valence-corrected chi connectivity index (χ2v) is 4.74. The average molecular weight is 285 g/mol. The van der Waals surface area contributed by atoms with Crippen molar-refractivity contribution in [2.24, 2.45) is 0 Å². The summed E-state index contributed by atoms with van der Waals surface area (Å²) in [7, 11) is 0. The maximum absolute atomic E-state index is 5.50. The molecule has 2 aromatic rings. The second-order valence-electron chi connectivity index (χ2n) is 2.86. The number of nitrogen functional groups attached to an aromatic ring is 1. The fraction of sp³-hybridized carbons (Fsp3) is 0.111. The molecule has 15 heavy (non-hydrogen) atoms. The Morgan fingerprint density at radius 3 is 3.13 bits per heavy atom. The van der Waals surface area contributed by atoms with Gasteiger partial charge < -0.3 is 11.1 Å². The molecule has 0 aromatic carbocycles. The Labute approximate surface area is 99.7 Å². The first kappa shape index (κ1) is 10.4. The van der Waals surface area contributed by atoms with E-state index >= 15 is 0 Å². The van der Waals surface area contributed by atoms with E-state index in [1.54, 1.807) is 17.5 Å². The lowest BCUT2D eigenvalue weighted by molar-refractivity contribution is 1.10. The quantitative estimate of drug-likeness (QED) is 0.909. The van der Waals surface area contributed by atoms with Crippen LogP contribution in [0.25, 0.3) is 0 Å². The number of anilines is 2. The van der Waals surface area contributed by atoms with E-state index in [0.717, 1.165) is 16.8 Å². The number of nitrogens with two attached hydrogens (primary N) is 1. The van der Waals surface area contributed by atoms with Gasteiger partial charge in [0.05, 0.1) is 11.0 Å². The van der Waals surface area contributed by atoms with Crippen LogP contribution in [0.5, 0.6) is 0 Å². The molecule has 0 spiro atoms. The van der Waals surface area contributed by atoms with E-state index in [1.807, 2.05) is 11.4 Å². The van der Waals surface area contributed by atoms with Gasteiger partial charge in [-0.2, -0.15) is 4.98 Å². The molecular weight excluding hydrogens is 276 g/mol. The Kier molecular flexibility index (Phi) is 3.17. The minimum absolute atomic E-state index is 0.270. The molecule has 0 saturated carbocycles. The fourth-order valence-corrected chi connectivity index (χ4v) is 2.06. The van der Waals surface area contributed by atoms with Gasteiger partial charge in [0.2, 0.25) is 5.95 Å². The molecule has 0 bridgehead atoms. The second kappa shape index (κ2) is 4.59. The minimum atomic E-state index is 0.270. The molecule has 0 aliphatic heterocycles. The van der Waals surface area contributed by atoms with Crippen LogP contribution < -0.4 is 11.1 Å². The Morgan fingerprint density at radius 1 is 1.53 bits per heavy atom. The normalized spacial score (nSPS) is 10.2. The van der Waals surface area contributed by atoms with Gasteiger partial charge in [0.25, 0.3) is 0 Å². The van der Waals surface area contributed by atoms with Crippen LogP contribution >= 0.6 is 27.3 Å². The summed E-state index contributed by atoms with van der Waals surface area (Å²) >= 11 is 5.05. The van der Waals surface area contributed by atoms with E-state index in [4.69, 9.17) is 5.73 Å². The van der Waals surface area contributed by atoms with Gasteiger partial charge in [-0.3, -0.25) is 0 Å². The lowest BCUT2D eigenvalue weighted by Crippen LogP contribution is -2.03. The van der Waals surface area contributed by atoms with Crippen LogP contribution in [0.3, 0.4) is 0 Å². The van der Waals surface area contributed by atoms with E-state index in [1.165, 1.54) is 4.88 Å². The number of thiophene rings is 1. The third kappa shape index (κ3) is 2.66. The van der Waals surface area contributed by atoms with Crippen LogP contribution in [0.1, 0.15) is 4.88 Å². The van der Waals surface area contributed by atoms with Crippen LogP contribution in [0.15, 0.2) is 28.2 Å². The first-order valence-electron chi connectivity index (χ1n) is 4.30. The largest absolute Gasteiger partial charge is 0.368 e. The highest BCUT2D eigenvalue weighted by Gasteiger charge is 2.02. The summed E-state index contributed by atoms with van der Waals surface area (Å²) < 4.78 is 0.813. The summed E-state index contributed by atoms with van der Waals surface area (Å²) in [5, 5.41) is 5.23. The number of hydrogen-bond acceptors (Lipinski definition) is 5. The van der Waals surface area contributed by atoms with E-state index in [2.05, 4.69) is 37.3 Å². The van der Waals surface area contributed by atoms with E-state index in [-0.39, 0.29) is 5.95 Å². The lowest BCUT2D eigenvalue weighted by Gasteiger charge is -2.05. The van der Waals surface area contributed by atoms with Crippen LogP contribution in [0.2, 0.25) is 0 Å². The summed E-state index contributed by atoms with van der Waals surface area (Å²) in [6.07, 6.45) is 1.64. The maximum atomic E-state index is 5.50. The number of halogens is 1. The molecule has 4 nitrogen and oxygen atoms in total. The van der Waals surface area contributed by atoms with E-state index < -0.39 is 0 Å². The molecule has 2 aromatic heterocycles. The van der Waals surface area contributed by atoms with Crippen molar-refractivity contribution in [3.05, 3.63) is 33.1 Å². The third-order valence-corrected chi connectivity index (χ3v) is 3.23. The highest BCUT2D eigenvalue weighted by Crippen LogP contribution is 2.20. The van der Waals surface area contributed by atoms with Crippen molar-refractivity contribution >= 4 is 39.0 Å². The van der Waals surface area contributed by atoms with Gasteiger partial charge in [0, 0.05) is 11.1 Å². The predicted octanol–water partition coefficient (Wildman–Crippen LogP) is 2.49. The van der Waals surface area contributed by atoms with Gasteiger partial charge in [-0.1, -0.05) is 6.07 Å². The Bertz CT molecular complexity index is 443. The average Bonchev–Trinajstić information content (AvgIpc) is 2.72. The number of nitrogens with zero attached hydrogens (tertiary/aromatic N) is 2. The van der Waals surface area contributed by atoms with E-state index in [0.29, 0.717) is 0 Å². The van der Waals surface area contributed by atoms with Crippen LogP contribution in [-0.2, 0) is 6.54 Å². The number of nitrogens with one attached hydrogen (secondary N) is 1. The van der Waals surface area contributed by atoms with Crippen LogP contribution in [-0.4, -0.2) is 9.97 Å². The molecule has 0 aliphatic carbocycles. The summed E-state index contributed by atoms with van der Waals surface area (Å²) in [6, 6.07) is 4.08. The molecule has 0 saturated heterocycles. The fourth-order valence-electron chi connectivity index (χ4n) is 1.09. The highest BCUT2D eigenvalue weighted by molar-refractivity contribution is 9.10. The maximum Gasteiger partial charge on any atom is 0.221 e. The molecule has 2 heterocycles. The molecular formula is C9H9BrN4S. The number of aromatic nitrogens is 2. The predicted molar refractivity (Wildman–Crippen MR) is 65.8 cm³/mol. The zero-order valence-corrected chi connectivity index (χ0v) is 10.2. The van der Waals surface area contributed by atoms with Gasteiger partial charge in [0.1, 0.15) is 5.82 Å². The van der Waals surface area contributed by atoms with Gasteiger partial charge >= 0.3 is 0 Å². The van der Waals surface area contributed by atoms with Gasteiger partial charge in [-0.25, -0.2) is 4.98 Å². The molecule has 0 atom stereocenters. The molecule has 0 amide bonds. The molecule has 78 valence electrons. The summed E-state index contributed by atoms with van der Waals surface area (Å²) in [4.78, 5) is 9.20. The summed E-state index contributed by atoms with van der Waals surface area (Å²) in [5.41, 5.74) is 5.50. The SMILES string of the molecule is Nc1ncc(Br)c(NCc2cccs2)n1. The molecule has 0 fully saturated rings. The standard InChI is InChI=1S/C9H9BrN4S/c10-7-5-13-9(11)14-8(7)12-4-6-2-1-3-15-6/h1-3,5H,4H2,(H3,11,12,13,14).